The zero-order chi connectivity index (χ0) is 14.5. The highest BCUT2D eigenvalue weighted by atomic mass is 35.5. The van der Waals surface area contributed by atoms with Gasteiger partial charge < -0.3 is 0 Å². The highest BCUT2D eigenvalue weighted by Gasteiger charge is 2.63. The molecule has 0 radical (unpaired) electrons. The summed E-state index contributed by atoms with van der Waals surface area (Å²) in [4.78, 5) is 0. The van der Waals surface area contributed by atoms with Crippen molar-refractivity contribution in [2.24, 2.45) is 0 Å². The molecule has 1 aliphatic carbocycles. The molecule has 1 rings (SSSR count). The van der Waals surface area contributed by atoms with Crippen molar-refractivity contribution in [2.75, 3.05) is 0 Å². The normalized spacial score (nSPS) is 32.0. The molecule has 10 heteroatoms. The van der Waals surface area contributed by atoms with Crippen LogP contribution in [0.15, 0.2) is 23.3 Å². The molecule has 0 bridgehead atoms. The van der Waals surface area contributed by atoms with Gasteiger partial charge in [-0.25, -0.2) is 22.0 Å². The van der Waals surface area contributed by atoms with Crippen molar-refractivity contribution in [1.29, 1.82) is 0 Å². The minimum Gasteiger partial charge on any atom is -0.235 e. The van der Waals surface area contributed by atoms with Crippen LogP contribution in [0.25, 0.3) is 0 Å². The van der Waals surface area contributed by atoms with Crippen LogP contribution in [-0.2, 0) is 0 Å². The van der Waals surface area contributed by atoms with Crippen LogP contribution in [0.5, 0.6) is 0 Å². The standard InChI is InChI=1S/C8H3ClF8S/c9-4-2(11)1(10)3(12)5(13)7(4,18)6(14)8(15,16)17/h4,6,18H. The lowest BCUT2D eigenvalue weighted by Gasteiger charge is -2.36. The third kappa shape index (κ3) is 2.11. The van der Waals surface area contributed by atoms with Gasteiger partial charge in [0, 0.05) is 0 Å². The fourth-order valence-corrected chi connectivity index (χ4v) is 1.94. The topological polar surface area (TPSA) is 0 Å². The Kier molecular flexibility index (Phi) is 3.98. The van der Waals surface area contributed by atoms with Gasteiger partial charge in [-0.1, -0.05) is 0 Å². The van der Waals surface area contributed by atoms with E-state index >= 15 is 0 Å². The van der Waals surface area contributed by atoms with Crippen molar-refractivity contribution in [2.45, 2.75) is 22.5 Å². The second-order valence-electron chi connectivity index (χ2n) is 3.38. The van der Waals surface area contributed by atoms with E-state index in [9.17, 15) is 35.1 Å². The Morgan fingerprint density at radius 2 is 1.56 bits per heavy atom. The molecule has 0 spiro atoms. The fourth-order valence-electron chi connectivity index (χ4n) is 1.28. The van der Waals surface area contributed by atoms with Crippen LogP contribution in [0.3, 0.4) is 0 Å². The lowest BCUT2D eigenvalue weighted by molar-refractivity contribution is -0.187. The molecule has 3 unspecified atom stereocenters. The molecule has 1 aliphatic rings. The van der Waals surface area contributed by atoms with E-state index in [1.165, 1.54) is 0 Å². The van der Waals surface area contributed by atoms with Crippen LogP contribution in [0.4, 0.5) is 35.1 Å². The molecule has 18 heavy (non-hydrogen) atoms. The largest absolute Gasteiger partial charge is 0.421 e. The number of halogens is 9. The zero-order valence-corrected chi connectivity index (χ0v) is 9.65. The predicted molar refractivity (Wildman–Crippen MR) is 50.8 cm³/mol. The Morgan fingerprint density at radius 1 is 1.11 bits per heavy atom. The minimum absolute atomic E-state index is 2.25. The van der Waals surface area contributed by atoms with Gasteiger partial charge in [0.15, 0.2) is 23.3 Å². The number of thiol groups is 1. The summed E-state index contributed by atoms with van der Waals surface area (Å²) < 4.78 is 97.6. The predicted octanol–water partition coefficient (Wildman–Crippen LogP) is 4.48. The average Bonchev–Trinajstić information content (AvgIpc) is 2.29. The van der Waals surface area contributed by atoms with Gasteiger partial charge in [0.05, 0.1) is 0 Å². The first kappa shape index (κ1) is 15.6. The molecule has 0 N–H and O–H groups in total. The summed E-state index contributed by atoms with van der Waals surface area (Å²) in [5.74, 6) is -9.80. The third-order valence-corrected chi connectivity index (χ3v) is 3.60. The molecular weight excluding hydrogens is 316 g/mol. The molecule has 104 valence electrons. The molecule has 3 atom stereocenters. The Bertz CT molecular complexity index is 427. The monoisotopic (exact) mass is 318 g/mol. The van der Waals surface area contributed by atoms with Gasteiger partial charge in [-0.05, 0) is 0 Å². The molecule has 0 amide bonds. The summed E-state index contributed by atoms with van der Waals surface area (Å²) in [6.07, 6.45) is -9.80. The van der Waals surface area contributed by atoms with E-state index in [0.29, 0.717) is 0 Å². The summed E-state index contributed by atoms with van der Waals surface area (Å²) in [5.41, 5.74) is 0. The van der Waals surface area contributed by atoms with Crippen molar-refractivity contribution in [3.05, 3.63) is 23.3 Å². The number of hydrogen-bond acceptors (Lipinski definition) is 1. The number of hydrogen-bond donors (Lipinski definition) is 1. The van der Waals surface area contributed by atoms with E-state index in [4.69, 9.17) is 11.6 Å². The van der Waals surface area contributed by atoms with Crippen LogP contribution in [0.1, 0.15) is 0 Å². The lowest BCUT2D eigenvalue weighted by Crippen LogP contribution is -2.52. The molecule has 0 aromatic heterocycles. The molecule has 0 aromatic carbocycles. The van der Waals surface area contributed by atoms with E-state index in [1.54, 1.807) is 0 Å². The van der Waals surface area contributed by atoms with Crippen molar-refractivity contribution >= 4 is 24.2 Å². The van der Waals surface area contributed by atoms with Gasteiger partial charge >= 0.3 is 6.18 Å². The van der Waals surface area contributed by atoms with Gasteiger partial charge in [0.25, 0.3) is 0 Å². The van der Waals surface area contributed by atoms with Crippen LogP contribution in [0, 0.1) is 0 Å². The number of alkyl halides is 5. The first-order valence-electron chi connectivity index (χ1n) is 4.14. The molecule has 0 heterocycles. The van der Waals surface area contributed by atoms with Crippen LogP contribution < -0.4 is 0 Å². The van der Waals surface area contributed by atoms with Crippen LogP contribution >= 0.6 is 24.2 Å². The lowest BCUT2D eigenvalue weighted by atomic mass is 9.90. The minimum atomic E-state index is -5.68. The molecule has 0 nitrogen and oxygen atoms in total. The first-order chi connectivity index (χ1) is 7.95. The van der Waals surface area contributed by atoms with Gasteiger partial charge in [0.1, 0.15) is 10.1 Å². The Hall–Kier alpha value is -0.440. The van der Waals surface area contributed by atoms with E-state index in [2.05, 4.69) is 12.6 Å². The Morgan fingerprint density at radius 3 is 1.94 bits per heavy atom. The van der Waals surface area contributed by atoms with Crippen molar-refractivity contribution in [3.8, 4) is 0 Å². The summed E-state index contributed by atoms with van der Waals surface area (Å²) >= 11 is 7.95. The molecule has 0 saturated heterocycles. The highest BCUT2D eigenvalue weighted by molar-refractivity contribution is 7.82. The average molecular weight is 319 g/mol. The number of rotatable bonds is 1. The van der Waals surface area contributed by atoms with E-state index in [-0.39, 0.29) is 0 Å². The summed E-state index contributed by atoms with van der Waals surface area (Å²) in [6, 6.07) is 0. The summed E-state index contributed by atoms with van der Waals surface area (Å²) in [6.45, 7) is 0. The van der Waals surface area contributed by atoms with Gasteiger partial charge in [-0.3, -0.25) is 0 Å². The van der Waals surface area contributed by atoms with Crippen molar-refractivity contribution in [3.63, 3.8) is 0 Å². The van der Waals surface area contributed by atoms with E-state index < -0.39 is 45.8 Å². The zero-order valence-electron chi connectivity index (χ0n) is 8.00. The van der Waals surface area contributed by atoms with Crippen molar-refractivity contribution in [1.82, 2.24) is 0 Å². The quantitative estimate of drug-likeness (QED) is 0.411. The first-order valence-corrected chi connectivity index (χ1v) is 5.02. The second-order valence-corrected chi connectivity index (χ2v) is 4.56. The number of allylic oxidation sites excluding steroid dienone is 3. The molecule has 0 aromatic rings. The molecular formula is C8H3ClF8S. The molecule has 0 fully saturated rings. The maximum atomic E-state index is 13.2. The molecule has 0 saturated carbocycles. The third-order valence-electron chi connectivity index (χ3n) is 2.23. The smallest absolute Gasteiger partial charge is 0.235 e. The Labute approximate surface area is 106 Å². The highest BCUT2D eigenvalue weighted by Crippen LogP contribution is 2.52. The maximum Gasteiger partial charge on any atom is 0.421 e. The Balaban J connectivity index is 3.42. The van der Waals surface area contributed by atoms with Crippen molar-refractivity contribution < 1.29 is 35.1 Å². The van der Waals surface area contributed by atoms with Gasteiger partial charge in [0.2, 0.25) is 6.17 Å². The SMILES string of the molecule is FC1=C(F)C(Cl)C(S)(C(F)C(F)(F)F)C(F)=C1F. The summed E-state index contributed by atoms with van der Waals surface area (Å²) in [5, 5.41) is -2.78. The van der Waals surface area contributed by atoms with Crippen LogP contribution in [0.2, 0.25) is 0 Å². The second kappa shape index (κ2) is 4.59. The fraction of sp³-hybridized carbons (Fsp3) is 0.500. The van der Waals surface area contributed by atoms with Gasteiger partial charge in [-0.2, -0.15) is 25.8 Å². The van der Waals surface area contributed by atoms with E-state index in [0.717, 1.165) is 0 Å². The van der Waals surface area contributed by atoms with Crippen LogP contribution in [-0.4, -0.2) is 22.5 Å². The van der Waals surface area contributed by atoms with E-state index in [1.807, 2.05) is 0 Å². The summed E-state index contributed by atoms with van der Waals surface area (Å²) in [7, 11) is 0. The maximum absolute atomic E-state index is 13.2. The molecule has 0 aliphatic heterocycles. The van der Waals surface area contributed by atoms with Gasteiger partial charge in [-0.15, -0.1) is 11.6 Å².